The molecule has 0 spiro atoms. The lowest BCUT2D eigenvalue weighted by Crippen LogP contribution is -2.40. The van der Waals surface area contributed by atoms with E-state index < -0.39 is 29.6 Å². The second kappa shape index (κ2) is 12.5. The van der Waals surface area contributed by atoms with Crippen molar-refractivity contribution in [2.45, 2.75) is 12.8 Å². The van der Waals surface area contributed by atoms with Gasteiger partial charge in [0.25, 0.3) is 0 Å². The van der Waals surface area contributed by atoms with Crippen LogP contribution in [0.1, 0.15) is 17.5 Å². The zero-order chi connectivity index (χ0) is 28.7. The second-order valence-corrected chi connectivity index (χ2v) is 9.01. The Bertz CT molecular complexity index is 1470. The van der Waals surface area contributed by atoms with Gasteiger partial charge in [-0.25, -0.2) is 18.8 Å². The van der Waals surface area contributed by atoms with Gasteiger partial charge in [0.15, 0.2) is 5.17 Å². The van der Waals surface area contributed by atoms with Crippen molar-refractivity contribution in [2.24, 2.45) is 25.9 Å². The zero-order valence-corrected chi connectivity index (χ0v) is 21.2. The Morgan fingerprint density at radius 1 is 1.00 bits per heavy atom. The number of para-hydroxylation sites is 1. The first-order valence-electron chi connectivity index (χ1n) is 11.4. The third-order valence-electron chi connectivity index (χ3n) is 5.18. The number of nitrogens with zero attached hydrogens (tertiary/aromatic N) is 5. The number of amides is 1. The average molecular weight is 575 g/mol. The van der Waals surface area contributed by atoms with Crippen LogP contribution in [0.4, 0.5) is 33.3 Å². The van der Waals surface area contributed by atoms with Crippen LogP contribution in [0.3, 0.4) is 0 Å². The van der Waals surface area contributed by atoms with E-state index in [0.29, 0.717) is 22.6 Å². The molecule has 1 saturated heterocycles. The SMILES string of the molecule is NC(=NC=Nc1ccc(OC(F)(F)F)cc1)c1ccc(/C=N\N=C2\SCCC(=O)N2c2c(F)cccc2F)cc1. The molecule has 0 unspecified atom stereocenters. The zero-order valence-electron chi connectivity index (χ0n) is 20.3. The topological polar surface area (TPSA) is 105 Å². The molecule has 0 radical (unpaired) electrons. The molecule has 1 fully saturated rings. The van der Waals surface area contributed by atoms with E-state index in [9.17, 15) is 26.7 Å². The smallest absolute Gasteiger partial charge is 0.406 e. The summed E-state index contributed by atoms with van der Waals surface area (Å²) in [5, 5.41) is 8.03. The highest BCUT2D eigenvalue weighted by molar-refractivity contribution is 8.14. The molecule has 3 aromatic rings. The number of ether oxygens (including phenoxy) is 1. The molecule has 4 rings (SSSR count). The Hall–Kier alpha value is -4.59. The molecule has 0 aliphatic carbocycles. The van der Waals surface area contributed by atoms with Crippen LogP contribution in [-0.4, -0.2) is 41.6 Å². The van der Waals surface area contributed by atoms with Crippen molar-refractivity contribution in [1.29, 1.82) is 0 Å². The van der Waals surface area contributed by atoms with Crippen LogP contribution in [-0.2, 0) is 4.79 Å². The second-order valence-electron chi connectivity index (χ2n) is 7.95. The van der Waals surface area contributed by atoms with Crippen molar-refractivity contribution in [3.8, 4) is 5.75 Å². The molecule has 0 atom stereocenters. The van der Waals surface area contributed by atoms with Crippen LogP contribution in [0.15, 0.2) is 86.9 Å². The fourth-order valence-electron chi connectivity index (χ4n) is 3.36. The van der Waals surface area contributed by atoms with E-state index in [2.05, 4.69) is 24.9 Å². The lowest BCUT2D eigenvalue weighted by atomic mass is 10.1. The van der Waals surface area contributed by atoms with Crippen LogP contribution in [0.25, 0.3) is 0 Å². The number of thioether (sulfide) groups is 1. The normalized spacial score (nSPS) is 15.9. The van der Waals surface area contributed by atoms with E-state index in [-0.39, 0.29) is 23.2 Å². The van der Waals surface area contributed by atoms with Gasteiger partial charge in [-0.1, -0.05) is 42.1 Å². The Morgan fingerprint density at radius 2 is 1.68 bits per heavy atom. The first kappa shape index (κ1) is 28.4. The van der Waals surface area contributed by atoms with E-state index in [4.69, 9.17) is 5.73 Å². The summed E-state index contributed by atoms with van der Waals surface area (Å²) >= 11 is 1.15. The van der Waals surface area contributed by atoms with Gasteiger partial charge >= 0.3 is 6.36 Å². The van der Waals surface area contributed by atoms with E-state index in [1.54, 1.807) is 24.3 Å². The van der Waals surface area contributed by atoms with Crippen molar-refractivity contribution in [3.63, 3.8) is 0 Å². The standard InChI is InChI=1S/C26H19F5N6O2S/c27-20-2-1-3-21(28)23(20)37-22(38)12-13-40-25(37)36-35-14-16-4-6-17(7-5-16)24(32)34-15-33-18-8-10-19(11-9-18)39-26(29,30)31/h1-11,14-15H,12-13H2,(H2,32,33,34)/b35-14-,36-25+. The lowest BCUT2D eigenvalue weighted by molar-refractivity contribution is -0.274. The average Bonchev–Trinajstić information content (AvgIpc) is 2.90. The predicted octanol–water partition coefficient (Wildman–Crippen LogP) is 5.79. The van der Waals surface area contributed by atoms with Crippen LogP contribution in [0.5, 0.6) is 5.75 Å². The summed E-state index contributed by atoms with van der Waals surface area (Å²) in [4.78, 5) is 21.4. The molecular weight excluding hydrogens is 555 g/mol. The molecule has 8 nitrogen and oxygen atoms in total. The molecule has 1 amide bonds. The van der Waals surface area contributed by atoms with Crippen LogP contribution in [0.2, 0.25) is 0 Å². The van der Waals surface area contributed by atoms with Gasteiger partial charge in [-0.2, -0.15) is 5.10 Å². The molecular formula is C26H19F5N6O2S. The van der Waals surface area contributed by atoms with Crippen LogP contribution < -0.4 is 15.4 Å². The number of aliphatic imine (C=N–C) groups is 2. The minimum atomic E-state index is -4.78. The molecule has 1 aliphatic rings. The maximum absolute atomic E-state index is 14.3. The fraction of sp³-hybridized carbons (Fsp3) is 0.115. The Morgan fingerprint density at radius 3 is 2.33 bits per heavy atom. The molecule has 1 heterocycles. The number of anilines is 1. The number of nitrogens with two attached hydrogens (primary N) is 1. The molecule has 14 heteroatoms. The number of hydrogen-bond donors (Lipinski definition) is 1. The minimum absolute atomic E-state index is 0.0475. The van der Waals surface area contributed by atoms with Crippen molar-refractivity contribution in [2.75, 3.05) is 10.7 Å². The number of hydrogen-bond acceptors (Lipinski definition) is 6. The van der Waals surface area contributed by atoms with Gasteiger partial charge in [0.2, 0.25) is 5.91 Å². The largest absolute Gasteiger partial charge is 0.573 e. The van der Waals surface area contributed by atoms with Crippen LogP contribution >= 0.6 is 11.8 Å². The third-order valence-corrected chi connectivity index (χ3v) is 6.11. The molecule has 1 aliphatic heterocycles. The Balaban J connectivity index is 1.41. The molecule has 40 heavy (non-hydrogen) atoms. The quantitative estimate of drug-likeness (QED) is 0.167. The van der Waals surface area contributed by atoms with Crippen molar-refractivity contribution in [1.82, 2.24) is 0 Å². The van der Waals surface area contributed by atoms with Gasteiger partial charge in [-0.15, -0.1) is 18.3 Å². The highest BCUT2D eigenvalue weighted by atomic mass is 32.2. The Kier molecular flexibility index (Phi) is 8.89. The summed E-state index contributed by atoms with van der Waals surface area (Å²) in [7, 11) is 0. The summed E-state index contributed by atoms with van der Waals surface area (Å²) in [5.74, 6) is -2.11. The molecule has 206 valence electrons. The highest BCUT2D eigenvalue weighted by Crippen LogP contribution is 2.30. The molecule has 0 bridgehead atoms. The monoisotopic (exact) mass is 574 g/mol. The number of carbonyl (C=O) groups excluding carboxylic acids is 1. The van der Waals surface area contributed by atoms with E-state index >= 15 is 0 Å². The number of carbonyl (C=O) groups is 1. The summed E-state index contributed by atoms with van der Waals surface area (Å²) in [5.41, 5.74) is 6.98. The van der Waals surface area contributed by atoms with Gasteiger partial charge in [-0.3, -0.25) is 9.69 Å². The van der Waals surface area contributed by atoms with Gasteiger partial charge in [0.05, 0.1) is 11.9 Å². The molecule has 0 aromatic heterocycles. The van der Waals surface area contributed by atoms with E-state index in [0.717, 1.165) is 47.3 Å². The van der Waals surface area contributed by atoms with Gasteiger partial charge < -0.3 is 10.5 Å². The van der Waals surface area contributed by atoms with Gasteiger partial charge in [0, 0.05) is 17.7 Å². The van der Waals surface area contributed by atoms with Gasteiger partial charge in [0.1, 0.15) is 35.2 Å². The Labute approximate surface area is 228 Å². The first-order valence-corrected chi connectivity index (χ1v) is 12.4. The predicted molar refractivity (Wildman–Crippen MR) is 144 cm³/mol. The molecule has 0 saturated carbocycles. The number of halogens is 5. The number of amidine groups is 2. The molecule has 2 N–H and O–H groups in total. The summed E-state index contributed by atoms with van der Waals surface area (Å²) < 4.78 is 69.1. The fourth-order valence-corrected chi connectivity index (χ4v) is 4.25. The lowest BCUT2D eigenvalue weighted by Gasteiger charge is -2.27. The van der Waals surface area contributed by atoms with Crippen LogP contribution in [0, 0.1) is 11.6 Å². The van der Waals surface area contributed by atoms with E-state index in [1.807, 2.05) is 0 Å². The first-order chi connectivity index (χ1) is 19.1. The van der Waals surface area contributed by atoms with E-state index in [1.165, 1.54) is 24.4 Å². The summed E-state index contributed by atoms with van der Waals surface area (Å²) in [6, 6.07) is 14.9. The number of rotatable bonds is 7. The van der Waals surface area contributed by atoms with Crippen molar-refractivity contribution >= 4 is 52.6 Å². The summed E-state index contributed by atoms with van der Waals surface area (Å²) in [6.45, 7) is 0. The summed E-state index contributed by atoms with van der Waals surface area (Å²) in [6.07, 6.45) is -2.13. The maximum Gasteiger partial charge on any atom is 0.573 e. The maximum atomic E-state index is 14.3. The minimum Gasteiger partial charge on any atom is -0.406 e. The number of benzene rings is 3. The highest BCUT2D eigenvalue weighted by Gasteiger charge is 2.32. The molecule has 3 aromatic carbocycles. The van der Waals surface area contributed by atoms with Gasteiger partial charge in [-0.05, 0) is 42.0 Å². The third kappa shape index (κ3) is 7.50. The van der Waals surface area contributed by atoms with Crippen molar-refractivity contribution in [3.05, 3.63) is 89.5 Å². The van der Waals surface area contributed by atoms with Crippen molar-refractivity contribution < 1.29 is 31.5 Å². The number of alkyl halides is 3.